The molecule has 0 saturated carbocycles. The molecule has 112 valence electrons. The maximum absolute atomic E-state index is 13.6. The van der Waals surface area contributed by atoms with Gasteiger partial charge in [-0.1, -0.05) is 26.7 Å². The number of hydrogen-bond donors (Lipinski definition) is 1. The third kappa shape index (κ3) is 2.74. The third-order valence-electron chi connectivity index (χ3n) is 4.37. The summed E-state index contributed by atoms with van der Waals surface area (Å²) in [5, 5.41) is 3.21. The molecule has 2 rings (SSSR count). The first-order valence-electron chi connectivity index (χ1n) is 7.39. The van der Waals surface area contributed by atoms with Crippen LogP contribution in [0.1, 0.15) is 40.5 Å². The maximum atomic E-state index is 13.6. The molecule has 1 N–H and O–H groups in total. The fraction of sp³-hybridized carbons (Fsp3) is 0.625. The van der Waals surface area contributed by atoms with E-state index in [0.29, 0.717) is 11.6 Å². The highest BCUT2D eigenvalue weighted by atomic mass is 19.2. The molecule has 1 aliphatic heterocycles. The van der Waals surface area contributed by atoms with E-state index in [1.165, 1.54) is 12.1 Å². The molecular formula is C16H24F2N2. The normalized spacial score (nSPS) is 17.1. The predicted octanol–water partition coefficient (Wildman–Crippen LogP) is 4.41. The number of hydrogen-bond acceptors (Lipinski definition) is 2. The first-order chi connectivity index (χ1) is 9.39. The Balaban J connectivity index is 2.40. The topological polar surface area (TPSA) is 15.3 Å². The zero-order valence-corrected chi connectivity index (χ0v) is 12.8. The van der Waals surface area contributed by atoms with Crippen LogP contribution in [0.2, 0.25) is 0 Å². The van der Waals surface area contributed by atoms with Crippen LogP contribution < -0.4 is 10.2 Å². The van der Waals surface area contributed by atoms with Crippen molar-refractivity contribution in [2.24, 2.45) is 5.92 Å². The van der Waals surface area contributed by atoms with Crippen molar-refractivity contribution in [1.29, 1.82) is 0 Å². The van der Waals surface area contributed by atoms with E-state index in [1.54, 1.807) is 0 Å². The van der Waals surface area contributed by atoms with E-state index >= 15 is 0 Å². The van der Waals surface area contributed by atoms with Gasteiger partial charge in [-0.3, -0.25) is 0 Å². The van der Waals surface area contributed by atoms with E-state index in [2.05, 4.69) is 37.9 Å². The molecule has 0 amide bonds. The predicted molar refractivity (Wildman–Crippen MR) is 80.3 cm³/mol. The molecular weight excluding hydrogens is 258 g/mol. The van der Waals surface area contributed by atoms with Gasteiger partial charge < -0.3 is 10.2 Å². The van der Waals surface area contributed by atoms with Crippen LogP contribution in [0.5, 0.6) is 0 Å². The zero-order chi connectivity index (χ0) is 14.9. The summed E-state index contributed by atoms with van der Waals surface area (Å²) in [6, 6.07) is 2.58. The number of rotatable bonds is 4. The van der Waals surface area contributed by atoms with Crippen LogP contribution >= 0.6 is 0 Å². The molecule has 1 aliphatic rings. The summed E-state index contributed by atoms with van der Waals surface area (Å²) in [6.07, 6.45) is 2.19. The minimum absolute atomic E-state index is 0.111. The Labute approximate surface area is 120 Å². The Bertz CT molecular complexity index is 482. The van der Waals surface area contributed by atoms with E-state index in [0.717, 1.165) is 31.6 Å². The lowest BCUT2D eigenvalue weighted by Crippen LogP contribution is -2.53. The standard InChI is InChI=1S/C16H24F2N2/c1-5-11(6-2)9-20-15-8-13(18)12(17)7-14(15)19-10-16(20,3)4/h7-8,11,19H,5-6,9-10H2,1-4H3. The molecule has 2 nitrogen and oxygen atoms in total. The summed E-state index contributed by atoms with van der Waals surface area (Å²) in [5.74, 6) is -1.01. The number of benzene rings is 1. The van der Waals surface area contributed by atoms with Crippen LogP contribution in [0, 0.1) is 17.6 Å². The van der Waals surface area contributed by atoms with E-state index in [4.69, 9.17) is 0 Å². The molecule has 0 unspecified atom stereocenters. The van der Waals surface area contributed by atoms with Crippen molar-refractivity contribution in [1.82, 2.24) is 0 Å². The van der Waals surface area contributed by atoms with Crippen LogP contribution in [-0.2, 0) is 0 Å². The lowest BCUT2D eigenvalue weighted by molar-refractivity contribution is 0.399. The lowest BCUT2D eigenvalue weighted by atomic mass is 9.93. The van der Waals surface area contributed by atoms with Crippen LogP contribution in [0.4, 0.5) is 20.2 Å². The lowest BCUT2D eigenvalue weighted by Gasteiger charge is -2.47. The van der Waals surface area contributed by atoms with Crippen molar-refractivity contribution in [3.8, 4) is 0 Å². The van der Waals surface area contributed by atoms with Gasteiger partial charge in [0.15, 0.2) is 11.6 Å². The van der Waals surface area contributed by atoms with Gasteiger partial charge in [0.1, 0.15) is 0 Å². The van der Waals surface area contributed by atoms with Gasteiger partial charge in [0.05, 0.1) is 16.9 Å². The third-order valence-corrected chi connectivity index (χ3v) is 4.37. The van der Waals surface area contributed by atoms with Gasteiger partial charge >= 0.3 is 0 Å². The highest BCUT2D eigenvalue weighted by molar-refractivity contribution is 5.74. The second-order valence-electron chi connectivity index (χ2n) is 6.24. The fourth-order valence-electron chi connectivity index (χ4n) is 2.78. The van der Waals surface area contributed by atoms with Crippen molar-refractivity contribution in [3.05, 3.63) is 23.8 Å². The molecule has 0 saturated heterocycles. The Morgan fingerprint density at radius 1 is 1.20 bits per heavy atom. The van der Waals surface area contributed by atoms with Gasteiger partial charge in [-0.05, 0) is 19.8 Å². The van der Waals surface area contributed by atoms with Crippen molar-refractivity contribution >= 4 is 11.4 Å². The minimum atomic E-state index is -0.793. The highest BCUT2D eigenvalue weighted by Crippen LogP contribution is 2.38. The Morgan fingerprint density at radius 2 is 1.80 bits per heavy atom. The molecule has 1 heterocycles. The molecule has 0 aliphatic carbocycles. The summed E-state index contributed by atoms with van der Waals surface area (Å²) < 4.78 is 27.0. The van der Waals surface area contributed by atoms with E-state index in [-0.39, 0.29) is 5.54 Å². The summed E-state index contributed by atoms with van der Waals surface area (Å²) in [7, 11) is 0. The molecule has 20 heavy (non-hydrogen) atoms. The van der Waals surface area contributed by atoms with E-state index < -0.39 is 11.6 Å². The van der Waals surface area contributed by atoms with Crippen molar-refractivity contribution in [3.63, 3.8) is 0 Å². The van der Waals surface area contributed by atoms with Crippen LogP contribution in [0.15, 0.2) is 12.1 Å². The van der Waals surface area contributed by atoms with Crippen molar-refractivity contribution < 1.29 is 8.78 Å². The molecule has 1 aromatic rings. The van der Waals surface area contributed by atoms with Crippen molar-refractivity contribution in [2.45, 2.75) is 46.1 Å². The van der Waals surface area contributed by atoms with E-state index in [9.17, 15) is 8.78 Å². The van der Waals surface area contributed by atoms with E-state index in [1.807, 2.05) is 0 Å². The molecule has 0 bridgehead atoms. The largest absolute Gasteiger partial charge is 0.381 e. The van der Waals surface area contributed by atoms with Gasteiger partial charge in [0, 0.05) is 25.2 Å². The molecule has 1 aromatic carbocycles. The number of fused-ring (bicyclic) bond motifs is 1. The summed E-state index contributed by atoms with van der Waals surface area (Å²) in [4.78, 5) is 2.22. The molecule has 0 fully saturated rings. The highest BCUT2D eigenvalue weighted by Gasteiger charge is 2.34. The van der Waals surface area contributed by atoms with Gasteiger partial charge in [-0.15, -0.1) is 0 Å². The number of nitrogens with zero attached hydrogens (tertiary/aromatic N) is 1. The SMILES string of the molecule is CCC(CC)CN1c2cc(F)c(F)cc2NCC1(C)C. The van der Waals surface area contributed by atoms with Crippen LogP contribution in [0.3, 0.4) is 0 Å². The smallest absolute Gasteiger partial charge is 0.161 e. The number of anilines is 2. The number of nitrogens with one attached hydrogen (secondary N) is 1. The summed E-state index contributed by atoms with van der Waals surface area (Å²) in [6.45, 7) is 10.2. The monoisotopic (exact) mass is 282 g/mol. The molecule has 0 radical (unpaired) electrons. The zero-order valence-electron chi connectivity index (χ0n) is 12.8. The Kier molecular flexibility index (Phi) is 4.21. The molecule has 0 atom stereocenters. The minimum Gasteiger partial charge on any atom is -0.381 e. The quantitative estimate of drug-likeness (QED) is 0.880. The number of halogens is 2. The molecule has 0 spiro atoms. The van der Waals surface area contributed by atoms with Crippen molar-refractivity contribution in [2.75, 3.05) is 23.3 Å². The average Bonchev–Trinajstić information content (AvgIpc) is 2.40. The Morgan fingerprint density at radius 3 is 2.40 bits per heavy atom. The van der Waals surface area contributed by atoms with Gasteiger partial charge in [-0.25, -0.2) is 8.78 Å². The summed E-state index contributed by atoms with van der Waals surface area (Å²) in [5.41, 5.74) is 1.35. The van der Waals surface area contributed by atoms with Gasteiger partial charge in [0.25, 0.3) is 0 Å². The molecule has 0 aromatic heterocycles. The van der Waals surface area contributed by atoms with Gasteiger partial charge in [-0.2, -0.15) is 0 Å². The first-order valence-corrected chi connectivity index (χ1v) is 7.39. The van der Waals surface area contributed by atoms with Gasteiger partial charge in [0.2, 0.25) is 0 Å². The average molecular weight is 282 g/mol. The first kappa shape index (κ1) is 15.1. The Hall–Kier alpha value is -1.32. The van der Waals surface area contributed by atoms with Crippen LogP contribution in [0.25, 0.3) is 0 Å². The molecule has 4 heteroatoms. The van der Waals surface area contributed by atoms with Crippen LogP contribution in [-0.4, -0.2) is 18.6 Å². The second kappa shape index (κ2) is 5.58. The maximum Gasteiger partial charge on any atom is 0.161 e. The second-order valence-corrected chi connectivity index (χ2v) is 6.24. The summed E-state index contributed by atoms with van der Waals surface area (Å²) >= 11 is 0. The fourth-order valence-corrected chi connectivity index (χ4v) is 2.78.